The molecule has 0 saturated heterocycles. The van der Waals surface area contributed by atoms with Crippen LogP contribution < -0.4 is 4.74 Å². The summed E-state index contributed by atoms with van der Waals surface area (Å²) in [6.45, 7) is 13.2. The Morgan fingerprint density at radius 2 is 0.973 bits per heavy atom. The quantitative estimate of drug-likeness (QED) is 0.174. The van der Waals surface area contributed by atoms with Crippen LogP contribution in [0.5, 0.6) is 11.5 Å². The van der Waals surface area contributed by atoms with Gasteiger partial charge in [0.25, 0.3) is 0 Å². The predicted molar refractivity (Wildman–Crippen MR) is 135 cm³/mol. The lowest BCUT2D eigenvalue weighted by Gasteiger charge is -2.12. The van der Waals surface area contributed by atoms with Crippen LogP contribution in [0.25, 0.3) is 0 Å². The van der Waals surface area contributed by atoms with Gasteiger partial charge in [-0.1, -0.05) is 13.2 Å². The van der Waals surface area contributed by atoms with Gasteiger partial charge in [0.05, 0.1) is 11.1 Å². The summed E-state index contributed by atoms with van der Waals surface area (Å²) in [6, 6.07) is 9.75. The molecule has 0 unspecified atom stereocenters. The monoisotopic (exact) mass is 510 g/mol. The summed E-state index contributed by atoms with van der Waals surface area (Å²) in [6.07, 6.45) is 0. The third-order valence-corrected chi connectivity index (χ3v) is 4.87. The van der Waals surface area contributed by atoms with E-state index in [1.807, 2.05) is 0 Å². The summed E-state index contributed by atoms with van der Waals surface area (Å²) in [4.78, 5) is 47.3. The summed E-state index contributed by atoms with van der Waals surface area (Å²) in [7, 11) is 0. The second-order valence-electron chi connectivity index (χ2n) is 8.16. The van der Waals surface area contributed by atoms with Crippen molar-refractivity contribution < 1.29 is 42.9 Å². The zero-order valence-corrected chi connectivity index (χ0v) is 21.4. The number of ether oxygens (including phenoxy) is 5. The van der Waals surface area contributed by atoms with Crippen molar-refractivity contribution in [3.05, 3.63) is 83.0 Å². The molecule has 0 atom stereocenters. The SMILES string of the molecule is C=C(C)C(=O)OCCOC(=O)c1ccc(Oc2ccc(C(=O)OCCOC(=O)C(=C)C)c(C)c2)cc1C. The van der Waals surface area contributed by atoms with Crippen LogP contribution in [0.3, 0.4) is 0 Å². The van der Waals surface area contributed by atoms with E-state index in [0.29, 0.717) is 33.8 Å². The van der Waals surface area contributed by atoms with Crippen LogP contribution >= 0.6 is 0 Å². The fourth-order valence-corrected chi connectivity index (χ4v) is 2.93. The highest BCUT2D eigenvalue weighted by molar-refractivity contribution is 5.92. The normalized spacial score (nSPS) is 10.2. The Hall–Kier alpha value is -4.40. The average Bonchev–Trinajstić information content (AvgIpc) is 2.83. The van der Waals surface area contributed by atoms with Crippen molar-refractivity contribution in [3.63, 3.8) is 0 Å². The van der Waals surface area contributed by atoms with Crippen molar-refractivity contribution >= 4 is 23.9 Å². The molecule has 0 aliphatic carbocycles. The largest absolute Gasteiger partial charge is 0.459 e. The van der Waals surface area contributed by atoms with Crippen molar-refractivity contribution in [1.29, 1.82) is 0 Å². The molecule has 37 heavy (non-hydrogen) atoms. The molecule has 2 aromatic rings. The molecular formula is C28H30O9. The molecule has 0 bridgehead atoms. The third kappa shape index (κ3) is 8.96. The van der Waals surface area contributed by atoms with E-state index in [1.54, 1.807) is 50.2 Å². The number of benzene rings is 2. The minimum Gasteiger partial charge on any atom is -0.459 e. The molecule has 0 N–H and O–H groups in total. The molecule has 0 aliphatic rings. The molecule has 0 heterocycles. The maximum absolute atomic E-state index is 12.3. The van der Waals surface area contributed by atoms with Crippen LogP contribution in [0.1, 0.15) is 45.7 Å². The zero-order valence-electron chi connectivity index (χ0n) is 21.4. The molecule has 196 valence electrons. The molecule has 0 aromatic heterocycles. The molecule has 0 radical (unpaired) electrons. The topological polar surface area (TPSA) is 114 Å². The molecule has 2 rings (SSSR count). The highest BCUT2D eigenvalue weighted by Gasteiger charge is 2.15. The lowest BCUT2D eigenvalue weighted by atomic mass is 10.1. The lowest BCUT2D eigenvalue weighted by Crippen LogP contribution is -2.15. The summed E-state index contributed by atoms with van der Waals surface area (Å²) in [5, 5.41) is 0. The first-order valence-electron chi connectivity index (χ1n) is 11.4. The Labute approximate surface area is 215 Å². The molecule has 0 fully saturated rings. The van der Waals surface area contributed by atoms with Gasteiger partial charge in [-0.05, 0) is 75.2 Å². The number of hydrogen-bond acceptors (Lipinski definition) is 9. The van der Waals surface area contributed by atoms with E-state index in [2.05, 4.69) is 13.2 Å². The molecule has 9 heteroatoms. The van der Waals surface area contributed by atoms with Crippen LogP contribution in [-0.2, 0) is 28.5 Å². The van der Waals surface area contributed by atoms with E-state index >= 15 is 0 Å². The van der Waals surface area contributed by atoms with E-state index < -0.39 is 23.9 Å². The highest BCUT2D eigenvalue weighted by Crippen LogP contribution is 2.26. The first kappa shape index (κ1) is 28.8. The van der Waals surface area contributed by atoms with Crippen LogP contribution in [0, 0.1) is 13.8 Å². The second kappa shape index (κ2) is 13.6. The van der Waals surface area contributed by atoms with E-state index in [9.17, 15) is 19.2 Å². The van der Waals surface area contributed by atoms with Crippen molar-refractivity contribution in [1.82, 2.24) is 0 Å². The van der Waals surface area contributed by atoms with Gasteiger partial charge in [-0.3, -0.25) is 0 Å². The van der Waals surface area contributed by atoms with Gasteiger partial charge in [0.1, 0.15) is 37.9 Å². The van der Waals surface area contributed by atoms with Gasteiger partial charge >= 0.3 is 23.9 Å². The Morgan fingerprint density at radius 1 is 0.622 bits per heavy atom. The summed E-state index contributed by atoms with van der Waals surface area (Å²) >= 11 is 0. The Bertz CT molecular complexity index is 1120. The zero-order chi connectivity index (χ0) is 27.5. The second-order valence-corrected chi connectivity index (χ2v) is 8.16. The van der Waals surface area contributed by atoms with Gasteiger partial charge in [0, 0.05) is 11.1 Å². The third-order valence-electron chi connectivity index (χ3n) is 4.87. The highest BCUT2D eigenvalue weighted by atomic mass is 16.6. The standard InChI is InChI=1S/C28H30O9/c1-17(2)25(29)33-11-13-35-27(31)23-9-7-21(15-19(23)5)37-22-8-10-24(20(6)16-22)28(32)36-14-12-34-26(30)18(3)4/h7-10,15-16H,1,3,11-14H2,2,4-6H3. The van der Waals surface area contributed by atoms with Gasteiger partial charge in [-0.15, -0.1) is 0 Å². The van der Waals surface area contributed by atoms with Crippen molar-refractivity contribution in [2.24, 2.45) is 0 Å². The van der Waals surface area contributed by atoms with E-state index in [0.717, 1.165) is 0 Å². The van der Waals surface area contributed by atoms with E-state index in [1.165, 1.54) is 13.8 Å². The predicted octanol–water partition coefficient (Wildman–Crippen LogP) is 4.65. The maximum atomic E-state index is 12.3. The number of carbonyl (C=O) groups excluding carboxylic acids is 4. The fourth-order valence-electron chi connectivity index (χ4n) is 2.93. The first-order valence-corrected chi connectivity index (χ1v) is 11.4. The van der Waals surface area contributed by atoms with Crippen LogP contribution in [0.2, 0.25) is 0 Å². The molecular weight excluding hydrogens is 480 g/mol. The number of esters is 4. The molecule has 2 aromatic carbocycles. The van der Waals surface area contributed by atoms with E-state index in [4.69, 9.17) is 23.7 Å². The maximum Gasteiger partial charge on any atom is 0.338 e. The molecule has 9 nitrogen and oxygen atoms in total. The smallest absolute Gasteiger partial charge is 0.338 e. The average molecular weight is 511 g/mol. The van der Waals surface area contributed by atoms with Gasteiger partial charge in [-0.2, -0.15) is 0 Å². The van der Waals surface area contributed by atoms with E-state index in [-0.39, 0.29) is 37.6 Å². The lowest BCUT2D eigenvalue weighted by molar-refractivity contribution is -0.140. The summed E-state index contributed by atoms with van der Waals surface area (Å²) < 4.78 is 25.9. The Kier molecular flexibility index (Phi) is 10.6. The number of rotatable bonds is 12. The fraction of sp³-hybridized carbons (Fsp3) is 0.286. The first-order chi connectivity index (χ1) is 17.5. The van der Waals surface area contributed by atoms with Crippen LogP contribution in [-0.4, -0.2) is 50.3 Å². The van der Waals surface area contributed by atoms with Gasteiger partial charge in [0.15, 0.2) is 0 Å². The van der Waals surface area contributed by atoms with Crippen molar-refractivity contribution in [2.45, 2.75) is 27.7 Å². The van der Waals surface area contributed by atoms with Crippen molar-refractivity contribution in [3.8, 4) is 11.5 Å². The van der Waals surface area contributed by atoms with Crippen LogP contribution in [0.4, 0.5) is 0 Å². The molecule has 0 saturated carbocycles. The Morgan fingerprint density at radius 3 is 1.30 bits per heavy atom. The molecule has 0 spiro atoms. The van der Waals surface area contributed by atoms with Gasteiger partial charge in [0.2, 0.25) is 0 Å². The minimum absolute atomic E-state index is 0.0664. The molecule has 0 aliphatic heterocycles. The summed E-state index contributed by atoms with van der Waals surface area (Å²) in [5.74, 6) is -1.23. The number of hydrogen-bond donors (Lipinski definition) is 0. The summed E-state index contributed by atoms with van der Waals surface area (Å²) in [5.41, 5.74) is 2.49. The van der Waals surface area contributed by atoms with Crippen LogP contribution in [0.15, 0.2) is 60.7 Å². The van der Waals surface area contributed by atoms with Gasteiger partial charge < -0.3 is 23.7 Å². The number of carbonyl (C=O) groups is 4. The molecule has 0 amide bonds. The van der Waals surface area contributed by atoms with Gasteiger partial charge in [-0.25, -0.2) is 19.2 Å². The number of aryl methyl sites for hydroxylation is 2. The Balaban J connectivity index is 1.91. The minimum atomic E-state index is -0.552. The van der Waals surface area contributed by atoms with Crippen molar-refractivity contribution in [2.75, 3.05) is 26.4 Å².